The second-order valence-corrected chi connectivity index (χ2v) is 7.99. The summed E-state index contributed by atoms with van der Waals surface area (Å²) >= 11 is 7.64. The van der Waals surface area contributed by atoms with Crippen LogP contribution in [0.4, 0.5) is 0 Å². The molecule has 3 aromatic rings. The van der Waals surface area contributed by atoms with E-state index in [1.807, 2.05) is 67.6 Å². The molecule has 0 saturated carbocycles. The molecule has 29 heavy (non-hydrogen) atoms. The van der Waals surface area contributed by atoms with Gasteiger partial charge >= 0.3 is 0 Å². The van der Waals surface area contributed by atoms with Crippen LogP contribution in [0.3, 0.4) is 0 Å². The Morgan fingerprint density at radius 3 is 2.52 bits per heavy atom. The molecule has 1 atom stereocenters. The van der Waals surface area contributed by atoms with Crippen LogP contribution in [0.25, 0.3) is 0 Å². The SMILES string of the molecule is CCOc1cc([C@@H]2NN=C(c3ccccc3)S2)ccc1OCc1ccc(Cl)cc1. The molecule has 1 N–H and O–H groups in total. The Bertz CT molecular complexity index is 994. The van der Waals surface area contributed by atoms with Crippen LogP contribution in [0, 0.1) is 0 Å². The van der Waals surface area contributed by atoms with Gasteiger partial charge in [0.2, 0.25) is 0 Å². The highest BCUT2D eigenvalue weighted by Crippen LogP contribution is 2.38. The number of hydrazone groups is 1. The number of thioether (sulfide) groups is 1. The summed E-state index contributed by atoms with van der Waals surface area (Å²) in [7, 11) is 0. The van der Waals surface area contributed by atoms with Gasteiger partial charge < -0.3 is 9.47 Å². The molecule has 0 fully saturated rings. The summed E-state index contributed by atoms with van der Waals surface area (Å²) in [5.74, 6) is 1.45. The van der Waals surface area contributed by atoms with Crippen molar-refractivity contribution >= 4 is 28.4 Å². The van der Waals surface area contributed by atoms with E-state index in [-0.39, 0.29) is 5.37 Å². The summed E-state index contributed by atoms with van der Waals surface area (Å²) in [4.78, 5) is 0. The van der Waals surface area contributed by atoms with Gasteiger partial charge in [-0.25, -0.2) is 0 Å². The normalized spacial score (nSPS) is 15.5. The van der Waals surface area contributed by atoms with Crippen molar-refractivity contribution in [2.45, 2.75) is 18.9 Å². The van der Waals surface area contributed by atoms with Crippen molar-refractivity contribution in [3.05, 3.63) is 94.5 Å². The molecule has 3 aromatic carbocycles. The monoisotopic (exact) mass is 424 g/mol. The van der Waals surface area contributed by atoms with E-state index in [9.17, 15) is 0 Å². The van der Waals surface area contributed by atoms with E-state index < -0.39 is 0 Å². The Balaban J connectivity index is 1.47. The molecule has 1 heterocycles. The number of rotatable bonds is 7. The first-order valence-corrected chi connectivity index (χ1v) is 10.7. The predicted octanol–water partition coefficient (Wildman–Crippen LogP) is 6.01. The average Bonchev–Trinajstić information content (AvgIpc) is 3.25. The summed E-state index contributed by atoms with van der Waals surface area (Å²) in [6, 6.07) is 23.8. The minimum absolute atomic E-state index is 0.0368. The topological polar surface area (TPSA) is 42.8 Å². The number of hydrogen-bond acceptors (Lipinski definition) is 5. The molecule has 4 nitrogen and oxygen atoms in total. The van der Waals surface area contributed by atoms with Gasteiger partial charge in [-0.05, 0) is 42.3 Å². The smallest absolute Gasteiger partial charge is 0.161 e. The summed E-state index contributed by atoms with van der Waals surface area (Å²) in [5, 5.41) is 6.23. The van der Waals surface area contributed by atoms with E-state index in [2.05, 4.69) is 22.7 Å². The molecule has 1 aliphatic heterocycles. The van der Waals surface area contributed by atoms with Crippen molar-refractivity contribution in [2.24, 2.45) is 5.10 Å². The number of benzene rings is 3. The zero-order chi connectivity index (χ0) is 20.1. The van der Waals surface area contributed by atoms with Crippen molar-refractivity contribution in [1.29, 1.82) is 0 Å². The van der Waals surface area contributed by atoms with Gasteiger partial charge in [-0.2, -0.15) is 5.10 Å². The van der Waals surface area contributed by atoms with E-state index in [4.69, 9.17) is 21.1 Å². The quantitative estimate of drug-likeness (QED) is 0.504. The molecule has 4 rings (SSSR count). The molecule has 0 saturated heterocycles. The van der Waals surface area contributed by atoms with Gasteiger partial charge in [0, 0.05) is 10.6 Å². The maximum Gasteiger partial charge on any atom is 0.161 e. The maximum absolute atomic E-state index is 6.00. The molecule has 0 unspecified atom stereocenters. The summed E-state index contributed by atoms with van der Waals surface area (Å²) < 4.78 is 11.8. The summed E-state index contributed by atoms with van der Waals surface area (Å²) in [6.07, 6.45) is 0. The minimum Gasteiger partial charge on any atom is -0.490 e. The standard InChI is InChI=1S/C23H21ClN2O2S/c1-2-27-21-14-18(23-26-25-22(29-23)17-6-4-3-5-7-17)10-13-20(21)28-15-16-8-11-19(24)12-9-16/h3-14,23,26H,2,15H2,1H3/t23-/m1/s1. The van der Waals surface area contributed by atoms with E-state index in [1.54, 1.807) is 11.8 Å². The number of halogens is 1. The Kier molecular flexibility index (Phi) is 6.27. The lowest BCUT2D eigenvalue weighted by Gasteiger charge is -2.16. The van der Waals surface area contributed by atoms with Gasteiger partial charge in [0.05, 0.1) is 6.61 Å². The molecule has 148 valence electrons. The van der Waals surface area contributed by atoms with Gasteiger partial charge in [-0.3, -0.25) is 5.43 Å². The fourth-order valence-corrected chi connectivity index (χ4v) is 4.07. The minimum atomic E-state index is 0.0368. The highest BCUT2D eigenvalue weighted by molar-refractivity contribution is 8.14. The van der Waals surface area contributed by atoms with Gasteiger partial charge in [0.15, 0.2) is 11.5 Å². The van der Waals surface area contributed by atoms with Crippen LogP contribution in [0.2, 0.25) is 5.02 Å². The molecule has 0 radical (unpaired) electrons. The van der Waals surface area contributed by atoms with Crippen LogP contribution in [0.15, 0.2) is 77.9 Å². The zero-order valence-corrected chi connectivity index (χ0v) is 17.5. The van der Waals surface area contributed by atoms with Crippen molar-refractivity contribution in [3.63, 3.8) is 0 Å². The molecule has 1 aliphatic rings. The molecule has 0 spiro atoms. The fraction of sp³-hybridized carbons (Fsp3) is 0.174. The molecule has 0 bridgehead atoms. The van der Waals surface area contributed by atoms with E-state index in [0.29, 0.717) is 18.2 Å². The largest absolute Gasteiger partial charge is 0.490 e. The number of ether oxygens (including phenoxy) is 2. The number of hydrogen-bond donors (Lipinski definition) is 1. The fourth-order valence-electron chi connectivity index (χ4n) is 2.95. The Morgan fingerprint density at radius 2 is 1.76 bits per heavy atom. The highest BCUT2D eigenvalue weighted by atomic mass is 35.5. The van der Waals surface area contributed by atoms with Crippen LogP contribution in [-0.4, -0.2) is 11.7 Å². The Hall–Kier alpha value is -2.63. The van der Waals surface area contributed by atoms with Gasteiger partial charge in [-0.15, -0.1) is 0 Å². The van der Waals surface area contributed by atoms with Crippen LogP contribution in [0.1, 0.15) is 29.0 Å². The van der Waals surface area contributed by atoms with E-state index in [1.165, 1.54) is 0 Å². The third-order valence-corrected chi connectivity index (χ3v) is 5.83. The predicted molar refractivity (Wildman–Crippen MR) is 120 cm³/mol. The van der Waals surface area contributed by atoms with E-state index >= 15 is 0 Å². The van der Waals surface area contributed by atoms with Crippen LogP contribution < -0.4 is 14.9 Å². The molecule has 0 aromatic heterocycles. The lowest BCUT2D eigenvalue weighted by atomic mass is 10.2. The average molecular weight is 425 g/mol. The zero-order valence-electron chi connectivity index (χ0n) is 16.0. The third-order valence-electron chi connectivity index (χ3n) is 4.41. The van der Waals surface area contributed by atoms with Gasteiger partial charge in [-0.1, -0.05) is 71.9 Å². The maximum atomic E-state index is 6.00. The lowest BCUT2D eigenvalue weighted by Crippen LogP contribution is -2.07. The summed E-state index contributed by atoms with van der Waals surface area (Å²) in [6.45, 7) is 2.99. The van der Waals surface area contributed by atoms with Gasteiger partial charge in [0.25, 0.3) is 0 Å². The van der Waals surface area contributed by atoms with Crippen molar-refractivity contribution in [2.75, 3.05) is 6.61 Å². The number of nitrogens with zero attached hydrogens (tertiary/aromatic N) is 1. The first-order chi connectivity index (χ1) is 14.2. The molecule has 0 aliphatic carbocycles. The van der Waals surface area contributed by atoms with Crippen LogP contribution >= 0.6 is 23.4 Å². The Morgan fingerprint density at radius 1 is 0.966 bits per heavy atom. The first kappa shape index (κ1) is 19.7. The second-order valence-electron chi connectivity index (χ2n) is 6.46. The van der Waals surface area contributed by atoms with Crippen LogP contribution in [0.5, 0.6) is 11.5 Å². The van der Waals surface area contributed by atoms with Crippen molar-refractivity contribution in [3.8, 4) is 11.5 Å². The molecular weight excluding hydrogens is 404 g/mol. The summed E-state index contributed by atoms with van der Waals surface area (Å²) in [5.41, 5.74) is 6.47. The number of nitrogens with one attached hydrogen (secondary N) is 1. The van der Waals surface area contributed by atoms with E-state index in [0.717, 1.165) is 33.2 Å². The molecule has 0 amide bonds. The molecule has 6 heteroatoms. The van der Waals surface area contributed by atoms with Gasteiger partial charge in [0.1, 0.15) is 17.0 Å². The van der Waals surface area contributed by atoms with Crippen LogP contribution in [-0.2, 0) is 6.61 Å². The highest BCUT2D eigenvalue weighted by Gasteiger charge is 2.23. The lowest BCUT2D eigenvalue weighted by molar-refractivity contribution is 0.269. The van der Waals surface area contributed by atoms with Crippen molar-refractivity contribution in [1.82, 2.24) is 5.43 Å². The third kappa shape index (κ3) is 4.86. The molecular formula is C23H21ClN2O2S. The second kappa shape index (κ2) is 9.25. The van der Waals surface area contributed by atoms with Crippen molar-refractivity contribution < 1.29 is 9.47 Å². The Labute approximate surface area is 179 Å². The first-order valence-electron chi connectivity index (χ1n) is 9.42.